The number of thioether (sulfide) groups is 2. The van der Waals surface area contributed by atoms with Crippen LogP contribution >= 0.6 is 23.5 Å². The lowest BCUT2D eigenvalue weighted by atomic mass is 10.2. The molecule has 2 rings (SSSR count). The topological polar surface area (TPSA) is 74.6 Å². The number of hydrogen-bond acceptors (Lipinski definition) is 7. The summed E-state index contributed by atoms with van der Waals surface area (Å²) in [6.07, 6.45) is 1.65. The Hall–Kier alpha value is -1.10. The first kappa shape index (κ1) is 21.2. The van der Waals surface area contributed by atoms with Crippen molar-refractivity contribution in [1.82, 2.24) is 9.80 Å². The van der Waals surface area contributed by atoms with Crippen LogP contribution in [-0.2, 0) is 14.0 Å². The van der Waals surface area contributed by atoms with Gasteiger partial charge in [0.1, 0.15) is 0 Å². The molecule has 2 aliphatic rings. The van der Waals surface area contributed by atoms with E-state index in [0.717, 1.165) is 0 Å². The predicted molar refractivity (Wildman–Crippen MR) is 112 cm³/mol. The standard InChI is InChI=1S/C16H26N4O3S2Si/c1-8-9-20-12(22)13(23-26(6,7)16(2,3)4)25-15(20)18-17-14-19(5)11(21)10-24-14/h8,13H,1,9-10H2,2-7H3. The average Bonchev–Trinajstić information content (AvgIpc) is 2.99. The van der Waals surface area contributed by atoms with Gasteiger partial charge < -0.3 is 4.43 Å². The van der Waals surface area contributed by atoms with Crippen LogP contribution in [0.1, 0.15) is 20.8 Å². The smallest absolute Gasteiger partial charge is 0.267 e. The van der Waals surface area contributed by atoms with E-state index in [9.17, 15) is 9.59 Å². The SMILES string of the molecule is C=CCN1C(=O)C(O[Si](C)(C)C(C)(C)C)SC1=NN=C1SCC(=O)N1C. The number of hydrogen-bond donors (Lipinski definition) is 0. The third-order valence-electron chi connectivity index (χ3n) is 4.64. The van der Waals surface area contributed by atoms with Gasteiger partial charge in [0.05, 0.1) is 5.75 Å². The molecule has 2 aliphatic heterocycles. The highest BCUT2D eigenvalue weighted by atomic mass is 32.2. The lowest BCUT2D eigenvalue weighted by molar-refractivity contribution is -0.130. The van der Waals surface area contributed by atoms with Crippen LogP contribution in [0.3, 0.4) is 0 Å². The van der Waals surface area contributed by atoms with Crippen LogP contribution < -0.4 is 0 Å². The fraction of sp³-hybridized carbons (Fsp3) is 0.625. The highest BCUT2D eigenvalue weighted by molar-refractivity contribution is 8.15. The summed E-state index contributed by atoms with van der Waals surface area (Å²) in [6, 6.07) is 0. The summed E-state index contributed by atoms with van der Waals surface area (Å²) in [4.78, 5) is 27.4. The lowest BCUT2D eigenvalue weighted by Crippen LogP contribution is -2.45. The molecule has 0 saturated carbocycles. The molecular formula is C16H26N4O3S2Si. The molecule has 2 heterocycles. The number of amides is 2. The first-order chi connectivity index (χ1) is 12.0. The van der Waals surface area contributed by atoms with Crippen LogP contribution in [0.2, 0.25) is 18.1 Å². The van der Waals surface area contributed by atoms with Gasteiger partial charge in [-0.05, 0) is 29.9 Å². The van der Waals surface area contributed by atoms with Crippen LogP contribution in [0.15, 0.2) is 22.9 Å². The third kappa shape index (κ3) is 4.41. The van der Waals surface area contributed by atoms with Gasteiger partial charge in [-0.15, -0.1) is 16.8 Å². The van der Waals surface area contributed by atoms with Crippen LogP contribution in [0.5, 0.6) is 0 Å². The van der Waals surface area contributed by atoms with Crippen molar-refractivity contribution in [1.29, 1.82) is 0 Å². The van der Waals surface area contributed by atoms with Gasteiger partial charge >= 0.3 is 0 Å². The molecule has 26 heavy (non-hydrogen) atoms. The normalized spacial score (nSPS) is 25.1. The Morgan fingerprint density at radius 3 is 2.42 bits per heavy atom. The Bertz CT molecular complexity index is 673. The van der Waals surface area contributed by atoms with E-state index in [4.69, 9.17) is 4.43 Å². The van der Waals surface area contributed by atoms with E-state index < -0.39 is 13.8 Å². The van der Waals surface area contributed by atoms with Crippen LogP contribution in [0, 0.1) is 0 Å². The van der Waals surface area contributed by atoms with Crippen LogP contribution in [0.4, 0.5) is 0 Å². The van der Waals surface area contributed by atoms with Gasteiger partial charge in [-0.25, -0.2) is 0 Å². The number of nitrogens with zero attached hydrogens (tertiary/aromatic N) is 4. The average molecular weight is 415 g/mol. The van der Waals surface area contributed by atoms with Crippen molar-refractivity contribution in [3.05, 3.63) is 12.7 Å². The molecule has 0 bridgehead atoms. The zero-order chi connectivity index (χ0) is 19.7. The van der Waals surface area contributed by atoms with Gasteiger partial charge in [-0.1, -0.05) is 38.6 Å². The van der Waals surface area contributed by atoms with Crippen molar-refractivity contribution >= 4 is 54.0 Å². The van der Waals surface area contributed by atoms with Crippen molar-refractivity contribution in [3.63, 3.8) is 0 Å². The fourth-order valence-corrected chi connectivity index (χ4v) is 5.48. The second-order valence-electron chi connectivity index (χ2n) is 7.57. The van der Waals surface area contributed by atoms with Gasteiger partial charge in [-0.2, -0.15) is 0 Å². The summed E-state index contributed by atoms with van der Waals surface area (Å²) < 4.78 is 6.27. The Kier molecular flexibility index (Phi) is 6.42. The molecule has 0 aromatic carbocycles. The lowest BCUT2D eigenvalue weighted by Gasteiger charge is -2.37. The summed E-state index contributed by atoms with van der Waals surface area (Å²) in [5.41, 5.74) is -0.620. The summed E-state index contributed by atoms with van der Waals surface area (Å²) in [7, 11) is -0.439. The minimum absolute atomic E-state index is 0.000785. The molecule has 2 saturated heterocycles. The number of amidine groups is 2. The second-order valence-corrected chi connectivity index (χ2v) is 14.3. The number of rotatable bonds is 5. The third-order valence-corrected chi connectivity index (χ3v) is 11.3. The zero-order valence-electron chi connectivity index (χ0n) is 16.1. The van der Waals surface area contributed by atoms with E-state index in [1.807, 2.05) is 0 Å². The summed E-state index contributed by atoms with van der Waals surface area (Å²) in [5.74, 6) is 0.216. The van der Waals surface area contributed by atoms with E-state index >= 15 is 0 Å². The van der Waals surface area contributed by atoms with E-state index in [1.165, 1.54) is 33.3 Å². The molecule has 2 fully saturated rings. The molecule has 0 N–H and O–H groups in total. The summed E-state index contributed by atoms with van der Waals surface area (Å²) >= 11 is 2.60. The molecule has 0 radical (unpaired) electrons. The van der Waals surface area contributed by atoms with Crippen molar-refractivity contribution in [2.24, 2.45) is 10.2 Å². The van der Waals surface area contributed by atoms with Gasteiger partial charge in [0.2, 0.25) is 5.91 Å². The Morgan fingerprint density at radius 1 is 1.31 bits per heavy atom. The van der Waals surface area contributed by atoms with Crippen molar-refractivity contribution in [2.45, 2.75) is 44.3 Å². The molecule has 0 aromatic heterocycles. The Balaban J connectivity index is 2.23. The molecule has 144 valence electrons. The Labute approximate surface area is 164 Å². The van der Waals surface area contributed by atoms with E-state index in [2.05, 4.69) is 50.6 Å². The minimum Gasteiger partial charge on any atom is -0.397 e. The molecule has 10 heteroatoms. The highest BCUT2D eigenvalue weighted by Crippen LogP contribution is 2.40. The summed E-state index contributed by atoms with van der Waals surface area (Å²) in [5, 5.41) is 9.39. The fourth-order valence-electron chi connectivity index (χ4n) is 1.93. The first-order valence-electron chi connectivity index (χ1n) is 8.29. The second kappa shape index (κ2) is 7.87. The number of carbonyl (C=O) groups excluding carboxylic acids is 2. The van der Waals surface area contributed by atoms with E-state index in [1.54, 1.807) is 13.1 Å². The van der Waals surface area contributed by atoms with Crippen LogP contribution in [0.25, 0.3) is 0 Å². The molecule has 0 aliphatic carbocycles. The van der Waals surface area contributed by atoms with Gasteiger partial charge in [0, 0.05) is 13.6 Å². The van der Waals surface area contributed by atoms with Gasteiger partial charge in [0.25, 0.3) is 5.91 Å². The molecule has 2 amide bonds. The molecule has 7 nitrogen and oxygen atoms in total. The largest absolute Gasteiger partial charge is 0.397 e. The zero-order valence-corrected chi connectivity index (χ0v) is 18.7. The molecule has 0 spiro atoms. The monoisotopic (exact) mass is 414 g/mol. The van der Waals surface area contributed by atoms with Gasteiger partial charge in [-0.3, -0.25) is 19.4 Å². The van der Waals surface area contributed by atoms with E-state index in [0.29, 0.717) is 22.6 Å². The minimum atomic E-state index is -2.10. The molecule has 0 aromatic rings. The van der Waals surface area contributed by atoms with E-state index in [-0.39, 0.29) is 16.9 Å². The van der Waals surface area contributed by atoms with Crippen molar-refractivity contribution < 1.29 is 14.0 Å². The van der Waals surface area contributed by atoms with Gasteiger partial charge in [0.15, 0.2) is 24.1 Å². The maximum absolute atomic E-state index is 12.8. The number of carbonyl (C=O) groups is 2. The molecular weight excluding hydrogens is 388 g/mol. The van der Waals surface area contributed by atoms with Crippen molar-refractivity contribution in [2.75, 3.05) is 19.3 Å². The van der Waals surface area contributed by atoms with Crippen LogP contribution in [-0.4, -0.2) is 65.0 Å². The first-order valence-corrected chi connectivity index (χ1v) is 13.1. The van der Waals surface area contributed by atoms with Crippen molar-refractivity contribution in [3.8, 4) is 0 Å². The highest BCUT2D eigenvalue weighted by Gasteiger charge is 2.46. The summed E-state index contributed by atoms with van der Waals surface area (Å²) in [6.45, 7) is 14.7. The predicted octanol–water partition coefficient (Wildman–Crippen LogP) is 2.93. The molecule has 1 atom stereocenters. The maximum atomic E-state index is 12.8. The Morgan fingerprint density at radius 2 is 1.92 bits per heavy atom. The quantitative estimate of drug-likeness (QED) is 0.393. The maximum Gasteiger partial charge on any atom is 0.267 e. The molecule has 1 unspecified atom stereocenters.